The van der Waals surface area contributed by atoms with Gasteiger partial charge in [-0.1, -0.05) is 6.92 Å². The zero-order valence-corrected chi connectivity index (χ0v) is 18.6. The summed E-state index contributed by atoms with van der Waals surface area (Å²) in [4.78, 5) is 11.9. The maximum Gasteiger partial charge on any atom is 0.191 e. The van der Waals surface area contributed by atoms with Crippen LogP contribution in [0.5, 0.6) is 0 Å². The summed E-state index contributed by atoms with van der Waals surface area (Å²) in [6, 6.07) is -0.0178. The van der Waals surface area contributed by atoms with Crippen molar-refractivity contribution in [1.82, 2.24) is 20.5 Å². The molecule has 2 aliphatic heterocycles. The monoisotopic (exact) mass is 427 g/mol. The highest BCUT2D eigenvalue weighted by molar-refractivity contribution is 7.91. The fourth-order valence-electron chi connectivity index (χ4n) is 3.78. The third-order valence-electron chi connectivity index (χ3n) is 5.42. The molecule has 28 heavy (non-hydrogen) atoms. The largest absolute Gasteiger partial charge is 0.357 e. The molecule has 1 unspecified atom stereocenters. The Kier molecular flexibility index (Phi) is 7.70. The Morgan fingerprint density at radius 3 is 2.71 bits per heavy atom. The molecule has 0 amide bonds. The summed E-state index contributed by atoms with van der Waals surface area (Å²) < 4.78 is 23.3. The molecule has 0 spiro atoms. The van der Waals surface area contributed by atoms with E-state index in [2.05, 4.69) is 32.8 Å². The summed E-state index contributed by atoms with van der Waals surface area (Å²) in [7, 11) is -2.88. The summed E-state index contributed by atoms with van der Waals surface area (Å²) >= 11 is 1.76. The average Bonchev–Trinajstić information content (AvgIpc) is 3.26. The minimum atomic E-state index is -2.88. The Bertz CT molecular complexity index is 754. The highest BCUT2D eigenvalue weighted by atomic mass is 32.2. The number of rotatable bonds is 7. The first-order valence-electron chi connectivity index (χ1n) is 10.4. The molecule has 3 rings (SSSR count). The van der Waals surface area contributed by atoms with E-state index >= 15 is 0 Å². The molecule has 1 aromatic heterocycles. The van der Waals surface area contributed by atoms with Crippen molar-refractivity contribution in [3.8, 4) is 0 Å². The van der Waals surface area contributed by atoms with Crippen LogP contribution in [0.25, 0.3) is 0 Å². The van der Waals surface area contributed by atoms with Crippen LogP contribution in [0.1, 0.15) is 43.8 Å². The number of piperidine rings is 1. The number of aliphatic imine (C=N–C) groups is 1. The van der Waals surface area contributed by atoms with Crippen molar-refractivity contribution in [2.45, 2.75) is 52.1 Å². The number of nitrogens with one attached hydrogen (secondary N) is 2. The molecule has 0 bridgehead atoms. The predicted octanol–water partition coefficient (Wildman–Crippen LogP) is 1.66. The minimum Gasteiger partial charge on any atom is -0.357 e. The fraction of sp³-hybridized carbons (Fsp3) is 0.789. The van der Waals surface area contributed by atoms with Crippen molar-refractivity contribution in [3.63, 3.8) is 0 Å². The van der Waals surface area contributed by atoms with Crippen molar-refractivity contribution >= 4 is 27.1 Å². The second-order valence-electron chi connectivity index (χ2n) is 7.77. The molecule has 7 nitrogen and oxygen atoms in total. The topological polar surface area (TPSA) is 86.7 Å². The quantitative estimate of drug-likeness (QED) is 0.508. The molecule has 3 heterocycles. The van der Waals surface area contributed by atoms with Crippen LogP contribution in [0.2, 0.25) is 0 Å². The van der Waals surface area contributed by atoms with Gasteiger partial charge in [-0.3, -0.25) is 9.89 Å². The Labute approximate surface area is 172 Å². The first-order chi connectivity index (χ1) is 13.5. The molecule has 2 N–H and O–H groups in total. The van der Waals surface area contributed by atoms with Crippen LogP contribution in [0, 0.1) is 5.92 Å². The molecule has 0 aliphatic carbocycles. The molecule has 0 aromatic carbocycles. The number of hydrogen-bond acceptors (Lipinski definition) is 6. The average molecular weight is 428 g/mol. The van der Waals surface area contributed by atoms with Gasteiger partial charge in [0, 0.05) is 31.1 Å². The van der Waals surface area contributed by atoms with Crippen LogP contribution in [0.4, 0.5) is 0 Å². The van der Waals surface area contributed by atoms with E-state index < -0.39 is 9.84 Å². The zero-order chi connectivity index (χ0) is 20.0. The molecule has 9 heteroatoms. The van der Waals surface area contributed by atoms with Gasteiger partial charge in [0.1, 0.15) is 0 Å². The molecule has 0 radical (unpaired) electrons. The van der Waals surface area contributed by atoms with Crippen molar-refractivity contribution < 1.29 is 8.42 Å². The number of nitrogens with zero attached hydrogens (tertiary/aromatic N) is 3. The summed E-state index contributed by atoms with van der Waals surface area (Å²) in [5.41, 5.74) is 1.20. The standard InChI is InChI=1S/C19H33N5O2S2/c1-3-18-22-17(13-27-18)12-24-8-5-15(6-9-24)11-21-19(20-4-2)23-16-7-10-28(25,26)14-16/h13,15-16H,3-12,14H2,1-2H3,(H2,20,21,23). The molecule has 1 aromatic rings. The first-order valence-corrected chi connectivity index (χ1v) is 13.1. The number of hydrogen-bond donors (Lipinski definition) is 2. The van der Waals surface area contributed by atoms with Crippen molar-refractivity contribution in [3.05, 3.63) is 16.1 Å². The Morgan fingerprint density at radius 2 is 2.11 bits per heavy atom. The molecule has 1 atom stereocenters. The molecular formula is C19H33N5O2S2. The Hall–Kier alpha value is -1.19. The van der Waals surface area contributed by atoms with Gasteiger partial charge in [-0.05, 0) is 51.6 Å². The van der Waals surface area contributed by atoms with Gasteiger partial charge in [-0.2, -0.15) is 0 Å². The smallest absolute Gasteiger partial charge is 0.191 e. The van der Waals surface area contributed by atoms with Crippen LogP contribution >= 0.6 is 11.3 Å². The SMILES string of the molecule is CCNC(=NCC1CCN(Cc2csc(CC)n2)CC1)NC1CCS(=O)(=O)C1. The number of likely N-dealkylation sites (tertiary alicyclic amines) is 1. The van der Waals surface area contributed by atoms with Gasteiger partial charge in [-0.25, -0.2) is 13.4 Å². The lowest BCUT2D eigenvalue weighted by Crippen LogP contribution is -2.44. The number of aromatic nitrogens is 1. The lowest BCUT2D eigenvalue weighted by Gasteiger charge is -2.30. The Morgan fingerprint density at radius 1 is 1.32 bits per heavy atom. The van der Waals surface area contributed by atoms with Gasteiger partial charge in [0.05, 0.1) is 22.2 Å². The van der Waals surface area contributed by atoms with Crippen LogP contribution in [0.3, 0.4) is 0 Å². The third kappa shape index (κ3) is 6.42. The maximum atomic E-state index is 11.7. The lowest BCUT2D eigenvalue weighted by atomic mass is 9.97. The lowest BCUT2D eigenvalue weighted by molar-refractivity contribution is 0.179. The van der Waals surface area contributed by atoms with Crippen molar-refractivity contribution in [2.75, 3.05) is 37.7 Å². The normalized spacial score (nSPS) is 23.8. The van der Waals surface area contributed by atoms with E-state index in [4.69, 9.17) is 4.99 Å². The number of thiazole rings is 1. The summed E-state index contributed by atoms with van der Waals surface area (Å²) in [6.07, 6.45) is 3.97. The summed E-state index contributed by atoms with van der Waals surface area (Å²) in [6.45, 7) is 8.87. The molecule has 0 saturated carbocycles. The van der Waals surface area contributed by atoms with E-state index in [-0.39, 0.29) is 17.5 Å². The molecule has 158 valence electrons. The van der Waals surface area contributed by atoms with Crippen molar-refractivity contribution in [2.24, 2.45) is 10.9 Å². The molecule has 2 aliphatic rings. The van der Waals surface area contributed by atoms with E-state index in [1.165, 1.54) is 10.7 Å². The van der Waals surface area contributed by atoms with E-state index in [9.17, 15) is 8.42 Å². The number of aryl methyl sites for hydroxylation is 1. The maximum absolute atomic E-state index is 11.7. The van der Waals surface area contributed by atoms with Crippen LogP contribution in [-0.4, -0.2) is 68.0 Å². The van der Waals surface area contributed by atoms with Gasteiger partial charge in [0.25, 0.3) is 0 Å². The van der Waals surface area contributed by atoms with Gasteiger partial charge in [0.2, 0.25) is 0 Å². The highest BCUT2D eigenvalue weighted by Gasteiger charge is 2.28. The van der Waals surface area contributed by atoms with E-state index in [0.29, 0.717) is 12.3 Å². The van der Waals surface area contributed by atoms with E-state index in [1.807, 2.05) is 6.92 Å². The minimum absolute atomic E-state index is 0.0178. The zero-order valence-electron chi connectivity index (χ0n) is 17.0. The van der Waals surface area contributed by atoms with Crippen molar-refractivity contribution in [1.29, 1.82) is 0 Å². The van der Waals surface area contributed by atoms with Gasteiger partial charge in [0.15, 0.2) is 15.8 Å². The fourth-order valence-corrected chi connectivity index (χ4v) is 6.19. The molecule has 2 fully saturated rings. The number of sulfone groups is 1. The summed E-state index contributed by atoms with van der Waals surface area (Å²) in [5.74, 6) is 1.83. The number of guanidine groups is 1. The third-order valence-corrected chi connectivity index (χ3v) is 8.23. The van der Waals surface area contributed by atoms with E-state index in [1.54, 1.807) is 11.3 Å². The van der Waals surface area contributed by atoms with Crippen LogP contribution in [-0.2, 0) is 22.8 Å². The van der Waals surface area contributed by atoms with Crippen LogP contribution < -0.4 is 10.6 Å². The van der Waals surface area contributed by atoms with Gasteiger partial charge >= 0.3 is 0 Å². The van der Waals surface area contributed by atoms with Gasteiger partial charge in [-0.15, -0.1) is 11.3 Å². The predicted molar refractivity (Wildman–Crippen MR) is 116 cm³/mol. The van der Waals surface area contributed by atoms with Crippen LogP contribution in [0.15, 0.2) is 10.4 Å². The highest BCUT2D eigenvalue weighted by Crippen LogP contribution is 2.20. The first kappa shape index (κ1) is 21.5. The second-order valence-corrected chi connectivity index (χ2v) is 10.9. The molecule has 2 saturated heterocycles. The second kappa shape index (κ2) is 10.0. The van der Waals surface area contributed by atoms with Gasteiger partial charge < -0.3 is 10.6 Å². The molecular weight excluding hydrogens is 394 g/mol. The summed E-state index contributed by atoms with van der Waals surface area (Å²) in [5, 5.41) is 9.96. The van der Waals surface area contributed by atoms with E-state index in [0.717, 1.165) is 57.9 Å². The Balaban J connectivity index is 1.44.